The lowest BCUT2D eigenvalue weighted by molar-refractivity contribution is -0.127. The normalized spacial score (nSPS) is 20.1. The van der Waals surface area contributed by atoms with Crippen LogP contribution >= 0.6 is 23.4 Å². The van der Waals surface area contributed by atoms with E-state index < -0.39 is 5.41 Å². The Bertz CT molecular complexity index is 887. The van der Waals surface area contributed by atoms with Crippen molar-refractivity contribution in [3.63, 3.8) is 0 Å². The number of rotatable bonds is 6. The average Bonchev–Trinajstić information content (AvgIpc) is 3.13. The summed E-state index contributed by atoms with van der Waals surface area (Å²) in [5.74, 6) is 1.88. The fourth-order valence-electron chi connectivity index (χ4n) is 4.22. The van der Waals surface area contributed by atoms with E-state index in [4.69, 9.17) is 11.6 Å². The van der Waals surface area contributed by atoms with Gasteiger partial charge in [-0.1, -0.05) is 23.7 Å². The molecule has 3 heterocycles. The molecule has 6 nitrogen and oxygen atoms in total. The average molecular weight is 432 g/mol. The Labute approximate surface area is 180 Å². The van der Waals surface area contributed by atoms with Gasteiger partial charge in [-0.15, -0.1) is 11.8 Å². The van der Waals surface area contributed by atoms with Crippen LogP contribution in [0.2, 0.25) is 5.02 Å². The van der Waals surface area contributed by atoms with Crippen molar-refractivity contribution in [1.82, 2.24) is 20.6 Å². The molecule has 0 saturated carbocycles. The number of halogens is 1. The number of hydrogen-bond donors (Lipinski definition) is 3. The van der Waals surface area contributed by atoms with Gasteiger partial charge in [0.1, 0.15) is 12.1 Å². The Balaban J connectivity index is 1.40. The quantitative estimate of drug-likeness (QED) is 0.609. The Kier molecular flexibility index (Phi) is 6.27. The molecule has 0 radical (unpaired) electrons. The summed E-state index contributed by atoms with van der Waals surface area (Å²) >= 11 is 8.08. The molecule has 1 unspecified atom stereocenters. The maximum Gasteiger partial charge on any atom is 0.230 e. The van der Waals surface area contributed by atoms with E-state index in [9.17, 15) is 4.79 Å². The molecule has 0 aliphatic carbocycles. The van der Waals surface area contributed by atoms with Crippen molar-refractivity contribution >= 4 is 35.1 Å². The zero-order valence-corrected chi connectivity index (χ0v) is 18.1. The molecule has 1 saturated heterocycles. The van der Waals surface area contributed by atoms with E-state index >= 15 is 0 Å². The predicted octanol–water partition coefficient (Wildman–Crippen LogP) is 3.29. The van der Waals surface area contributed by atoms with E-state index in [2.05, 4.69) is 32.8 Å². The van der Waals surface area contributed by atoms with Crippen LogP contribution in [0.3, 0.4) is 0 Å². The molecular weight excluding hydrogens is 406 g/mol. The molecule has 2 aliphatic heterocycles. The molecule has 0 spiro atoms. The minimum atomic E-state index is -0.530. The van der Waals surface area contributed by atoms with Gasteiger partial charge in [-0.3, -0.25) is 4.79 Å². The Morgan fingerprint density at radius 2 is 2.14 bits per heavy atom. The highest BCUT2D eigenvalue weighted by atomic mass is 35.5. The van der Waals surface area contributed by atoms with Gasteiger partial charge in [0.05, 0.1) is 11.1 Å². The second-order valence-corrected chi connectivity index (χ2v) is 9.33. The topological polar surface area (TPSA) is 78.9 Å². The van der Waals surface area contributed by atoms with Crippen molar-refractivity contribution in [2.75, 3.05) is 31.5 Å². The number of thioether (sulfide) groups is 1. The Hall–Kier alpha value is -1.83. The lowest BCUT2D eigenvalue weighted by atomic mass is 9.72. The van der Waals surface area contributed by atoms with E-state index in [1.807, 2.05) is 36.0 Å². The first-order valence-corrected chi connectivity index (χ1v) is 11.5. The highest BCUT2D eigenvalue weighted by Gasteiger charge is 2.41. The van der Waals surface area contributed by atoms with E-state index in [-0.39, 0.29) is 5.91 Å². The van der Waals surface area contributed by atoms with Gasteiger partial charge in [-0.2, -0.15) is 0 Å². The molecule has 1 aromatic heterocycles. The molecule has 1 aromatic carbocycles. The zero-order valence-electron chi connectivity index (χ0n) is 16.5. The van der Waals surface area contributed by atoms with Crippen LogP contribution in [0.1, 0.15) is 41.8 Å². The maximum absolute atomic E-state index is 13.2. The highest BCUT2D eigenvalue weighted by molar-refractivity contribution is 7.99. The number of carbonyl (C=O) groups is 1. The number of nitrogens with one attached hydrogen (secondary N) is 3. The van der Waals surface area contributed by atoms with Crippen molar-refractivity contribution < 1.29 is 4.79 Å². The predicted molar refractivity (Wildman–Crippen MR) is 118 cm³/mol. The summed E-state index contributed by atoms with van der Waals surface area (Å²) in [6, 6.07) is 7.71. The second-order valence-electron chi connectivity index (χ2n) is 7.56. The highest BCUT2D eigenvalue weighted by Crippen LogP contribution is 2.42. The fraction of sp³-hybridized carbons (Fsp3) is 0.476. The van der Waals surface area contributed by atoms with Gasteiger partial charge in [0.25, 0.3) is 0 Å². The third-order valence-electron chi connectivity index (χ3n) is 5.81. The number of carbonyl (C=O) groups excluding carboxylic acids is 1. The summed E-state index contributed by atoms with van der Waals surface area (Å²) in [6.07, 6.45) is 3.14. The van der Waals surface area contributed by atoms with Crippen molar-refractivity contribution in [3.8, 4) is 0 Å². The van der Waals surface area contributed by atoms with Crippen LogP contribution in [0.4, 0.5) is 5.82 Å². The monoisotopic (exact) mass is 431 g/mol. The largest absolute Gasteiger partial charge is 0.368 e. The van der Waals surface area contributed by atoms with Crippen molar-refractivity contribution in [2.24, 2.45) is 0 Å². The maximum atomic E-state index is 13.2. The van der Waals surface area contributed by atoms with E-state index in [1.54, 1.807) is 6.33 Å². The van der Waals surface area contributed by atoms with Gasteiger partial charge in [0, 0.05) is 34.7 Å². The number of hydrogen-bond acceptors (Lipinski definition) is 6. The van der Waals surface area contributed by atoms with Crippen LogP contribution < -0.4 is 16.0 Å². The van der Waals surface area contributed by atoms with Crippen LogP contribution in [0, 0.1) is 0 Å². The van der Waals surface area contributed by atoms with Crippen LogP contribution in [0.15, 0.2) is 30.6 Å². The molecule has 154 valence electrons. The van der Waals surface area contributed by atoms with Crippen LogP contribution in [-0.2, 0) is 16.0 Å². The van der Waals surface area contributed by atoms with Gasteiger partial charge in [-0.25, -0.2) is 9.97 Å². The van der Waals surface area contributed by atoms with Gasteiger partial charge in [-0.05, 0) is 50.6 Å². The third kappa shape index (κ3) is 4.22. The van der Waals surface area contributed by atoms with E-state index in [0.717, 1.165) is 48.8 Å². The summed E-state index contributed by atoms with van der Waals surface area (Å²) < 4.78 is 0. The Morgan fingerprint density at radius 1 is 1.31 bits per heavy atom. The van der Waals surface area contributed by atoms with E-state index in [1.165, 1.54) is 5.56 Å². The summed E-state index contributed by atoms with van der Waals surface area (Å²) in [4.78, 5) is 22.0. The first-order chi connectivity index (χ1) is 14.1. The number of amides is 1. The second kappa shape index (κ2) is 8.90. The molecule has 1 amide bonds. The Morgan fingerprint density at radius 3 is 2.93 bits per heavy atom. The molecule has 29 heavy (non-hydrogen) atoms. The van der Waals surface area contributed by atoms with Crippen molar-refractivity contribution in [1.29, 1.82) is 0 Å². The smallest absolute Gasteiger partial charge is 0.230 e. The molecular formula is C21H26ClN5OS. The molecule has 1 atom stereocenters. The van der Waals surface area contributed by atoms with Crippen molar-refractivity contribution in [2.45, 2.75) is 36.2 Å². The van der Waals surface area contributed by atoms with Crippen molar-refractivity contribution in [3.05, 3.63) is 52.4 Å². The number of piperidine rings is 1. The summed E-state index contributed by atoms with van der Waals surface area (Å²) in [5.41, 5.74) is 2.77. The first-order valence-electron chi connectivity index (χ1n) is 10.0. The standard InChI is InChI=1S/C21H26ClN5OS/c1-14-18-17(12-29-14)26-13-27-19(18)24-9-10-25-20(28)21(5-7-23-8-6-21)15-3-2-4-16(22)11-15/h2-4,11,13-14,23H,5-10,12H2,1H3,(H,25,28)(H,24,26,27). The van der Waals surface area contributed by atoms with Crippen LogP contribution in [0.25, 0.3) is 0 Å². The van der Waals surface area contributed by atoms with Gasteiger partial charge < -0.3 is 16.0 Å². The SMILES string of the molecule is CC1SCc2ncnc(NCCNC(=O)C3(c4cccc(Cl)c4)CCNCC3)c21. The summed E-state index contributed by atoms with van der Waals surface area (Å²) in [5, 5.41) is 10.9. The molecule has 4 rings (SSSR count). The van der Waals surface area contributed by atoms with E-state index in [0.29, 0.717) is 23.4 Å². The number of anilines is 1. The summed E-state index contributed by atoms with van der Waals surface area (Å²) in [6.45, 7) is 4.98. The molecule has 1 fully saturated rings. The number of fused-ring (bicyclic) bond motifs is 1. The molecule has 0 bridgehead atoms. The molecule has 2 aliphatic rings. The molecule has 3 N–H and O–H groups in total. The number of benzene rings is 1. The lowest BCUT2D eigenvalue weighted by Gasteiger charge is -2.37. The number of aromatic nitrogens is 2. The third-order valence-corrected chi connectivity index (χ3v) is 7.23. The minimum absolute atomic E-state index is 0.0694. The summed E-state index contributed by atoms with van der Waals surface area (Å²) in [7, 11) is 0. The molecule has 8 heteroatoms. The van der Waals surface area contributed by atoms with Gasteiger partial charge >= 0.3 is 0 Å². The first kappa shape index (κ1) is 20.4. The fourth-order valence-corrected chi connectivity index (χ4v) is 5.46. The van der Waals surface area contributed by atoms with Crippen LogP contribution in [-0.4, -0.2) is 42.1 Å². The lowest BCUT2D eigenvalue weighted by Crippen LogP contribution is -2.51. The minimum Gasteiger partial charge on any atom is -0.368 e. The number of nitrogens with zero attached hydrogens (tertiary/aromatic N) is 2. The molecule has 2 aromatic rings. The van der Waals surface area contributed by atoms with Gasteiger partial charge in [0.2, 0.25) is 5.91 Å². The zero-order chi connectivity index (χ0) is 20.3. The van der Waals surface area contributed by atoms with Crippen LogP contribution in [0.5, 0.6) is 0 Å². The van der Waals surface area contributed by atoms with Gasteiger partial charge in [0.15, 0.2) is 0 Å².